The molecule has 2 aromatic heterocycles. The van der Waals surface area contributed by atoms with E-state index in [0.29, 0.717) is 24.0 Å². The van der Waals surface area contributed by atoms with E-state index < -0.39 is 13.0 Å². The second-order valence-corrected chi connectivity index (χ2v) is 5.23. The van der Waals surface area contributed by atoms with Gasteiger partial charge in [-0.05, 0) is 7.05 Å². The number of nitrogen functional groups attached to an aromatic ring is 1. The highest BCUT2D eigenvalue weighted by molar-refractivity contribution is 7.15. The Bertz CT molecular complexity index is 531. The molecule has 0 bridgehead atoms. The zero-order chi connectivity index (χ0) is 13.8. The molecule has 0 aliphatic heterocycles. The Hall–Kier alpha value is -1.32. The Kier molecular flexibility index (Phi) is 6.24. The van der Waals surface area contributed by atoms with Crippen molar-refractivity contribution in [2.75, 3.05) is 12.8 Å². The minimum Gasteiger partial charge on any atom is -0.375 e. The van der Waals surface area contributed by atoms with Crippen molar-refractivity contribution >= 4 is 28.9 Å². The maximum atomic E-state index is 12.3. The van der Waals surface area contributed by atoms with E-state index in [2.05, 4.69) is 15.1 Å². The van der Waals surface area contributed by atoms with E-state index in [9.17, 15) is 8.78 Å². The topological polar surface area (TPSA) is 72.9 Å². The van der Waals surface area contributed by atoms with Crippen LogP contribution in [0.1, 0.15) is 10.7 Å². The molecule has 0 aromatic carbocycles. The average molecular weight is 325 g/mol. The Morgan fingerprint density at radius 3 is 2.75 bits per heavy atom. The van der Waals surface area contributed by atoms with Gasteiger partial charge in [-0.3, -0.25) is 4.90 Å². The van der Waals surface area contributed by atoms with Gasteiger partial charge in [0.2, 0.25) is 0 Å². The summed E-state index contributed by atoms with van der Waals surface area (Å²) < 4.78 is 25.9. The zero-order valence-electron chi connectivity index (χ0n) is 10.7. The molecule has 0 saturated carbocycles. The molecule has 6 nitrogen and oxygen atoms in total. The normalized spacial score (nSPS) is 11.1. The van der Waals surface area contributed by atoms with Crippen LogP contribution in [0.25, 0.3) is 0 Å². The third kappa shape index (κ3) is 4.66. The van der Waals surface area contributed by atoms with Gasteiger partial charge in [0.15, 0.2) is 5.13 Å². The molecule has 0 radical (unpaired) electrons. The molecule has 0 amide bonds. The van der Waals surface area contributed by atoms with Crippen LogP contribution >= 0.6 is 23.7 Å². The first kappa shape index (κ1) is 16.7. The van der Waals surface area contributed by atoms with Crippen LogP contribution in [0.5, 0.6) is 0 Å². The second kappa shape index (κ2) is 7.46. The molecule has 2 rings (SSSR count). The van der Waals surface area contributed by atoms with Gasteiger partial charge in [-0.25, -0.2) is 23.4 Å². The Labute approximate surface area is 125 Å². The number of halogens is 3. The smallest absolute Gasteiger partial charge is 0.257 e. The molecule has 0 atom stereocenters. The first-order chi connectivity index (χ1) is 9.04. The molecule has 0 unspecified atom stereocenters. The third-order valence-electron chi connectivity index (χ3n) is 2.42. The van der Waals surface area contributed by atoms with Gasteiger partial charge in [0, 0.05) is 17.6 Å². The van der Waals surface area contributed by atoms with E-state index in [4.69, 9.17) is 5.73 Å². The lowest BCUT2D eigenvalue weighted by atomic mass is 10.4. The second-order valence-electron chi connectivity index (χ2n) is 4.09. The molecule has 10 heteroatoms. The van der Waals surface area contributed by atoms with Gasteiger partial charge in [-0.1, -0.05) is 0 Å². The summed E-state index contributed by atoms with van der Waals surface area (Å²) in [6.07, 6.45) is 0.559. The van der Waals surface area contributed by atoms with E-state index in [1.54, 1.807) is 6.20 Å². The number of aromatic nitrogens is 4. The van der Waals surface area contributed by atoms with Crippen LogP contribution in [-0.4, -0.2) is 38.1 Å². The number of nitrogens with zero attached hydrogens (tertiary/aromatic N) is 5. The van der Waals surface area contributed by atoms with Gasteiger partial charge in [0.05, 0.1) is 6.54 Å². The highest BCUT2D eigenvalue weighted by Gasteiger charge is 2.12. The predicted molar refractivity (Wildman–Crippen MR) is 75.0 cm³/mol. The fourth-order valence-corrected chi connectivity index (χ4v) is 2.42. The molecule has 2 N–H and O–H groups in total. The molecule has 2 aromatic rings. The minimum absolute atomic E-state index is 0. The molecule has 0 aliphatic rings. The van der Waals surface area contributed by atoms with Crippen LogP contribution in [0.15, 0.2) is 12.5 Å². The van der Waals surface area contributed by atoms with Crippen molar-refractivity contribution in [3.63, 3.8) is 0 Å². The van der Waals surface area contributed by atoms with Crippen molar-refractivity contribution in [2.45, 2.75) is 26.1 Å². The van der Waals surface area contributed by atoms with Gasteiger partial charge in [0.1, 0.15) is 18.7 Å². The number of hydrogen-bond acceptors (Lipinski definition) is 6. The lowest BCUT2D eigenvalue weighted by Gasteiger charge is -2.15. The van der Waals surface area contributed by atoms with Crippen LogP contribution in [0, 0.1) is 0 Å². The van der Waals surface area contributed by atoms with E-state index in [1.165, 1.54) is 22.3 Å². The fraction of sp³-hybridized carbons (Fsp3) is 0.500. The van der Waals surface area contributed by atoms with Gasteiger partial charge in [-0.15, -0.1) is 23.7 Å². The molecular formula is C10H15ClF2N6S. The molecule has 2 heterocycles. The predicted octanol–water partition coefficient (Wildman–Crippen LogP) is 1.64. The summed E-state index contributed by atoms with van der Waals surface area (Å²) >= 11 is 1.41. The maximum Gasteiger partial charge on any atom is 0.257 e. The summed E-state index contributed by atoms with van der Waals surface area (Å²) in [6.45, 7) is 0.637. The highest BCUT2D eigenvalue weighted by Crippen LogP contribution is 2.16. The maximum absolute atomic E-state index is 12.3. The molecule has 0 saturated heterocycles. The van der Waals surface area contributed by atoms with Crippen molar-refractivity contribution in [1.29, 1.82) is 0 Å². The Balaban J connectivity index is 0.00000200. The fourth-order valence-electron chi connectivity index (χ4n) is 1.65. The summed E-state index contributed by atoms with van der Waals surface area (Å²) in [6, 6.07) is 0. The minimum atomic E-state index is -2.44. The van der Waals surface area contributed by atoms with Crippen molar-refractivity contribution in [3.05, 3.63) is 23.2 Å². The lowest BCUT2D eigenvalue weighted by Crippen LogP contribution is -2.21. The largest absolute Gasteiger partial charge is 0.375 e. The number of nitrogens with two attached hydrogens (primary N) is 1. The van der Waals surface area contributed by atoms with Crippen LogP contribution in [0.4, 0.5) is 13.9 Å². The third-order valence-corrected chi connectivity index (χ3v) is 3.23. The zero-order valence-corrected chi connectivity index (χ0v) is 12.4. The number of rotatable bonds is 6. The van der Waals surface area contributed by atoms with Gasteiger partial charge >= 0.3 is 0 Å². The molecule has 112 valence electrons. The van der Waals surface area contributed by atoms with E-state index in [1.807, 2.05) is 11.9 Å². The van der Waals surface area contributed by atoms with E-state index in [-0.39, 0.29) is 12.4 Å². The highest BCUT2D eigenvalue weighted by atomic mass is 35.5. The van der Waals surface area contributed by atoms with Gasteiger partial charge in [-0.2, -0.15) is 5.10 Å². The number of anilines is 1. The first-order valence-electron chi connectivity index (χ1n) is 5.58. The van der Waals surface area contributed by atoms with Crippen molar-refractivity contribution < 1.29 is 8.78 Å². The Morgan fingerprint density at radius 2 is 2.15 bits per heavy atom. The molecule has 0 aliphatic carbocycles. The SMILES string of the molecule is CN(Cc1cnc(N)s1)Cc1ncnn1CC(F)F.Cl. The van der Waals surface area contributed by atoms with Crippen LogP contribution in [0.2, 0.25) is 0 Å². The quantitative estimate of drug-likeness (QED) is 0.874. The van der Waals surface area contributed by atoms with Gasteiger partial charge < -0.3 is 5.73 Å². The molecular weight excluding hydrogens is 310 g/mol. The van der Waals surface area contributed by atoms with E-state index >= 15 is 0 Å². The van der Waals surface area contributed by atoms with E-state index in [0.717, 1.165) is 4.88 Å². The summed E-state index contributed by atoms with van der Waals surface area (Å²) in [5.74, 6) is 0.514. The van der Waals surface area contributed by atoms with Crippen molar-refractivity contribution in [2.24, 2.45) is 0 Å². The summed E-state index contributed by atoms with van der Waals surface area (Å²) in [7, 11) is 1.87. The first-order valence-corrected chi connectivity index (χ1v) is 6.40. The summed E-state index contributed by atoms with van der Waals surface area (Å²) in [5, 5.41) is 4.31. The number of alkyl halides is 2. The Morgan fingerprint density at radius 1 is 1.40 bits per heavy atom. The van der Waals surface area contributed by atoms with Crippen LogP contribution in [0.3, 0.4) is 0 Å². The van der Waals surface area contributed by atoms with Crippen molar-refractivity contribution in [1.82, 2.24) is 24.6 Å². The van der Waals surface area contributed by atoms with Crippen molar-refractivity contribution in [3.8, 4) is 0 Å². The summed E-state index contributed by atoms with van der Waals surface area (Å²) in [4.78, 5) is 10.9. The standard InChI is InChI=1S/C10H14F2N6S.ClH/c1-17(3-7-2-14-10(13)19-7)5-9-15-6-16-18(9)4-8(11)12;/h2,6,8H,3-5H2,1H3,(H2,13,14);1H. The summed E-state index contributed by atoms with van der Waals surface area (Å²) in [5.41, 5.74) is 5.55. The lowest BCUT2D eigenvalue weighted by molar-refractivity contribution is 0.119. The monoisotopic (exact) mass is 324 g/mol. The molecule has 0 spiro atoms. The van der Waals surface area contributed by atoms with Crippen LogP contribution in [-0.2, 0) is 19.6 Å². The molecule has 0 fully saturated rings. The molecule has 20 heavy (non-hydrogen) atoms. The van der Waals surface area contributed by atoms with Crippen LogP contribution < -0.4 is 5.73 Å². The van der Waals surface area contributed by atoms with Gasteiger partial charge in [0.25, 0.3) is 6.43 Å². The average Bonchev–Trinajstić information content (AvgIpc) is 2.88. The number of hydrogen-bond donors (Lipinski definition) is 1. The number of thiazole rings is 1.